The molecule has 0 bridgehead atoms. The third kappa shape index (κ3) is 4.73. The van der Waals surface area contributed by atoms with Crippen LogP contribution in [0.1, 0.15) is 0 Å². The molecule has 14 heavy (non-hydrogen) atoms. The molecule has 0 unspecified atom stereocenters. The van der Waals surface area contributed by atoms with E-state index in [2.05, 4.69) is 0 Å². The van der Waals surface area contributed by atoms with Crippen molar-refractivity contribution in [3.05, 3.63) is 24.3 Å². The van der Waals surface area contributed by atoms with Gasteiger partial charge in [-0.3, -0.25) is 0 Å². The molecule has 1 rings (SSSR count). The maximum Gasteiger partial charge on any atom is 1.00 e. The molecule has 0 atom stereocenters. The standard InChI is InChI=1S/C6H7NO3S.CH2O.Na/c7-5-3-1-2-4-6(5)11(8,9)10;1-2;/h1-4H,7H2,(H,8,9,10);1H2;/q;;+1/p-1. The smallest absolute Gasteiger partial charge is 0.744 e. The van der Waals surface area contributed by atoms with E-state index in [0.717, 1.165) is 0 Å². The van der Waals surface area contributed by atoms with Crippen LogP contribution in [0.4, 0.5) is 5.69 Å². The monoisotopic (exact) mass is 225 g/mol. The molecule has 0 spiro atoms. The minimum atomic E-state index is -4.41. The van der Waals surface area contributed by atoms with E-state index in [1.165, 1.54) is 18.2 Å². The average Bonchev–Trinajstić information content (AvgIpc) is 2.07. The molecule has 0 amide bonds. The molecular formula is C7H8NNaO4S. The largest absolute Gasteiger partial charge is 1.00 e. The number of hydrogen-bond acceptors (Lipinski definition) is 5. The van der Waals surface area contributed by atoms with Crippen molar-refractivity contribution in [1.29, 1.82) is 0 Å². The second-order valence-corrected chi connectivity index (χ2v) is 3.34. The summed E-state index contributed by atoms with van der Waals surface area (Å²) in [5, 5.41) is 0. The van der Waals surface area contributed by atoms with Crippen molar-refractivity contribution >= 4 is 22.6 Å². The van der Waals surface area contributed by atoms with Gasteiger partial charge in [-0.15, -0.1) is 0 Å². The van der Waals surface area contributed by atoms with Gasteiger partial charge < -0.3 is 15.1 Å². The van der Waals surface area contributed by atoms with Crippen molar-refractivity contribution in [3.8, 4) is 0 Å². The molecule has 1 aromatic rings. The van der Waals surface area contributed by atoms with Gasteiger partial charge in [0.2, 0.25) is 0 Å². The predicted octanol–water partition coefficient (Wildman–Crippen LogP) is -3.01. The molecule has 0 heterocycles. The van der Waals surface area contributed by atoms with Crippen LogP contribution in [-0.4, -0.2) is 19.8 Å². The van der Waals surface area contributed by atoms with Crippen LogP contribution in [-0.2, 0) is 14.9 Å². The molecule has 0 aliphatic carbocycles. The van der Waals surface area contributed by atoms with Crippen LogP contribution in [0.25, 0.3) is 0 Å². The first-order valence-electron chi connectivity index (χ1n) is 3.11. The zero-order valence-electron chi connectivity index (χ0n) is 7.64. The quantitative estimate of drug-likeness (QED) is 0.312. The van der Waals surface area contributed by atoms with E-state index in [4.69, 9.17) is 10.5 Å². The van der Waals surface area contributed by atoms with Gasteiger partial charge >= 0.3 is 29.6 Å². The Labute approximate surface area is 104 Å². The minimum absolute atomic E-state index is 0. The van der Waals surface area contributed by atoms with Crippen LogP contribution in [0.2, 0.25) is 0 Å². The Bertz CT molecular complexity index is 379. The van der Waals surface area contributed by atoms with Crippen molar-refractivity contribution in [1.82, 2.24) is 0 Å². The second kappa shape index (κ2) is 6.97. The van der Waals surface area contributed by atoms with E-state index >= 15 is 0 Å². The molecule has 0 aliphatic heterocycles. The van der Waals surface area contributed by atoms with E-state index in [1.807, 2.05) is 6.79 Å². The number of carbonyl (C=O) groups is 1. The van der Waals surface area contributed by atoms with E-state index < -0.39 is 10.1 Å². The van der Waals surface area contributed by atoms with Crippen LogP contribution in [0.15, 0.2) is 29.2 Å². The summed E-state index contributed by atoms with van der Waals surface area (Å²) in [6.45, 7) is 2.00. The van der Waals surface area contributed by atoms with Crippen molar-refractivity contribution in [2.45, 2.75) is 4.90 Å². The number of benzene rings is 1. The molecule has 1 aromatic carbocycles. The maximum absolute atomic E-state index is 10.4. The van der Waals surface area contributed by atoms with E-state index in [0.29, 0.717) is 0 Å². The van der Waals surface area contributed by atoms with Gasteiger partial charge in [-0.25, -0.2) is 8.42 Å². The van der Waals surface area contributed by atoms with Gasteiger partial charge in [0, 0.05) is 5.69 Å². The van der Waals surface area contributed by atoms with Gasteiger partial charge in [0.05, 0.1) is 4.90 Å². The molecule has 7 heteroatoms. The number of anilines is 1. The van der Waals surface area contributed by atoms with Gasteiger partial charge in [-0.05, 0) is 12.1 Å². The summed E-state index contributed by atoms with van der Waals surface area (Å²) >= 11 is 0. The summed E-state index contributed by atoms with van der Waals surface area (Å²) in [6.07, 6.45) is 0. The average molecular weight is 225 g/mol. The van der Waals surface area contributed by atoms with Crippen LogP contribution < -0.4 is 35.3 Å². The fraction of sp³-hybridized carbons (Fsp3) is 0. The zero-order chi connectivity index (χ0) is 10.5. The summed E-state index contributed by atoms with van der Waals surface area (Å²) in [6, 6.07) is 5.55. The minimum Gasteiger partial charge on any atom is -0.744 e. The Balaban J connectivity index is 0. The van der Waals surface area contributed by atoms with Gasteiger partial charge in [0.1, 0.15) is 16.9 Å². The Kier molecular flexibility index (Phi) is 7.98. The second-order valence-electron chi connectivity index (χ2n) is 1.99. The molecule has 72 valence electrons. The maximum atomic E-state index is 10.4. The van der Waals surface area contributed by atoms with Crippen molar-refractivity contribution in [2.24, 2.45) is 0 Å². The molecule has 0 radical (unpaired) electrons. The van der Waals surface area contributed by atoms with Gasteiger partial charge in [-0.1, -0.05) is 12.1 Å². The summed E-state index contributed by atoms with van der Waals surface area (Å²) in [4.78, 5) is 7.64. The predicted molar refractivity (Wildman–Crippen MR) is 45.9 cm³/mol. The van der Waals surface area contributed by atoms with E-state index in [9.17, 15) is 13.0 Å². The Hall–Kier alpha value is -0.400. The first-order valence-corrected chi connectivity index (χ1v) is 4.52. The number of nitrogen functional groups attached to an aromatic ring is 1. The van der Waals surface area contributed by atoms with Crippen molar-refractivity contribution in [2.75, 3.05) is 5.73 Å². The van der Waals surface area contributed by atoms with Crippen LogP contribution in [0.3, 0.4) is 0 Å². The van der Waals surface area contributed by atoms with E-state index in [-0.39, 0.29) is 40.1 Å². The molecule has 5 nitrogen and oxygen atoms in total. The first-order chi connectivity index (χ1) is 6.02. The number of para-hydroxylation sites is 1. The van der Waals surface area contributed by atoms with Crippen LogP contribution in [0.5, 0.6) is 0 Å². The van der Waals surface area contributed by atoms with Crippen LogP contribution in [0, 0.1) is 0 Å². The topological polar surface area (TPSA) is 100 Å². The number of nitrogens with two attached hydrogens (primary N) is 1. The van der Waals surface area contributed by atoms with Gasteiger partial charge in [0.25, 0.3) is 0 Å². The molecule has 0 fully saturated rings. The van der Waals surface area contributed by atoms with Crippen molar-refractivity contribution in [3.63, 3.8) is 0 Å². The van der Waals surface area contributed by atoms with Crippen LogP contribution >= 0.6 is 0 Å². The third-order valence-electron chi connectivity index (χ3n) is 1.19. The molecule has 2 N–H and O–H groups in total. The summed E-state index contributed by atoms with van der Waals surface area (Å²) in [5.41, 5.74) is 5.22. The van der Waals surface area contributed by atoms with E-state index in [1.54, 1.807) is 6.07 Å². The molecule has 0 saturated heterocycles. The fourth-order valence-corrected chi connectivity index (χ4v) is 1.31. The SMILES string of the molecule is C=O.Nc1ccccc1S(=O)(=O)[O-].[Na+]. The number of rotatable bonds is 1. The number of carbonyl (C=O) groups excluding carboxylic acids is 1. The van der Waals surface area contributed by atoms with Crippen molar-refractivity contribution < 1.29 is 47.3 Å². The Morgan fingerprint density at radius 1 is 1.21 bits per heavy atom. The normalized spacial score (nSPS) is 9.21. The summed E-state index contributed by atoms with van der Waals surface area (Å²) < 4.78 is 31.3. The summed E-state index contributed by atoms with van der Waals surface area (Å²) in [7, 11) is -4.41. The first kappa shape index (κ1) is 16.0. The Morgan fingerprint density at radius 2 is 1.64 bits per heavy atom. The Morgan fingerprint density at radius 3 is 1.93 bits per heavy atom. The zero-order valence-corrected chi connectivity index (χ0v) is 10.5. The summed E-state index contributed by atoms with van der Waals surface area (Å²) in [5.74, 6) is 0. The third-order valence-corrected chi connectivity index (χ3v) is 2.10. The number of hydrogen-bond donors (Lipinski definition) is 1. The van der Waals surface area contributed by atoms with Gasteiger partial charge in [-0.2, -0.15) is 0 Å². The molecule has 0 saturated carbocycles. The molecule has 0 aliphatic rings. The molecule has 0 aromatic heterocycles. The van der Waals surface area contributed by atoms with Gasteiger partial charge in [0.15, 0.2) is 0 Å². The fourth-order valence-electron chi connectivity index (χ4n) is 0.708. The molecular weight excluding hydrogens is 217 g/mol.